The van der Waals surface area contributed by atoms with Gasteiger partial charge in [0.05, 0.1) is 24.5 Å². The Morgan fingerprint density at radius 3 is 3.14 bits per heavy atom. The summed E-state index contributed by atoms with van der Waals surface area (Å²) in [6.45, 7) is 7.48. The Morgan fingerprint density at radius 2 is 2.41 bits per heavy atom. The molecular weight excluding hydrogens is 282 g/mol. The molecule has 3 rings (SSSR count). The summed E-state index contributed by atoms with van der Waals surface area (Å²) in [6.07, 6.45) is 4.77. The van der Waals surface area contributed by atoms with E-state index in [-0.39, 0.29) is 17.4 Å². The van der Waals surface area contributed by atoms with Gasteiger partial charge in [0, 0.05) is 31.7 Å². The van der Waals surface area contributed by atoms with Gasteiger partial charge in [0.2, 0.25) is 0 Å². The first kappa shape index (κ1) is 15.6. The van der Waals surface area contributed by atoms with Crippen LogP contribution in [0.5, 0.6) is 0 Å². The number of amides is 1. The fraction of sp³-hybridized carbons (Fsp3) is 0.706. The van der Waals surface area contributed by atoms with Gasteiger partial charge in [-0.3, -0.25) is 4.79 Å². The molecule has 1 aromatic rings. The second-order valence-corrected chi connectivity index (χ2v) is 6.37. The zero-order chi connectivity index (χ0) is 15.6. The van der Waals surface area contributed by atoms with Crippen molar-refractivity contribution < 1.29 is 18.7 Å². The topological polar surface area (TPSA) is 51.9 Å². The van der Waals surface area contributed by atoms with Gasteiger partial charge in [0.1, 0.15) is 5.76 Å². The van der Waals surface area contributed by atoms with E-state index in [1.807, 2.05) is 18.7 Å². The van der Waals surface area contributed by atoms with E-state index in [4.69, 9.17) is 13.9 Å². The van der Waals surface area contributed by atoms with Crippen molar-refractivity contribution in [3.8, 4) is 0 Å². The Hall–Kier alpha value is -1.33. The highest BCUT2D eigenvalue weighted by Crippen LogP contribution is 2.40. The van der Waals surface area contributed by atoms with Crippen LogP contribution in [0.4, 0.5) is 0 Å². The standard InChI is InChI=1S/C17H25NO4/c1-3-20-12-17-7-4-9-22-15(17)5-8-18(11-17)16(19)14-6-10-21-13(14)2/h6,10,15H,3-5,7-9,11-12H2,1-2H3/t15-,17-/m0/s1. The lowest BCUT2D eigenvalue weighted by Crippen LogP contribution is -2.58. The van der Waals surface area contributed by atoms with E-state index in [0.29, 0.717) is 31.1 Å². The smallest absolute Gasteiger partial charge is 0.257 e. The third-order valence-corrected chi connectivity index (χ3v) is 4.96. The number of furan rings is 1. The van der Waals surface area contributed by atoms with Gasteiger partial charge >= 0.3 is 0 Å². The lowest BCUT2D eigenvalue weighted by Gasteiger charge is -2.50. The Bertz CT molecular complexity index is 526. The summed E-state index contributed by atoms with van der Waals surface area (Å²) in [4.78, 5) is 14.7. The van der Waals surface area contributed by atoms with Gasteiger partial charge in [-0.1, -0.05) is 0 Å². The molecule has 0 aromatic carbocycles. The lowest BCUT2D eigenvalue weighted by molar-refractivity contribution is -0.146. The van der Waals surface area contributed by atoms with E-state index >= 15 is 0 Å². The zero-order valence-electron chi connectivity index (χ0n) is 13.5. The summed E-state index contributed by atoms with van der Waals surface area (Å²) in [5, 5.41) is 0. The minimum absolute atomic E-state index is 0.0557. The van der Waals surface area contributed by atoms with Crippen molar-refractivity contribution >= 4 is 5.91 Å². The first-order chi connectivity index (χ1) is 10.7. The molecule has 1 amide bonds. The Balaban J connectivity index is 1.78. The predicted molar refractivity (Wildman–Crippen MR) is 81.9 cm³/mol. The van der Waals surface area contributed by atoms with Crippen LogP contribution in [-0.4, -0.2) is 49.8 Å². The Morgan fingerprint density at radius 1 is 1.55 bits per heavy atom. The van der Waals surface area contributed by atoms with Crippen LogP contribution in [0.2, 0.25) is 0 Å². The minimum Gasteiger partial charge on any atom is -0.469 e. The molecule has 2 aliphatic heterocycles. The number of aryl methyl sites for hydroxylation is 1. The first-order valence-corrected chi connectivity index (χ1v) is 8.19. The number of carbonyl (C=O) groups is 1. The van der Waals surface area contributed by atoms with Crippen molar-refractivity contribution in [3.63, 3.8) is 0 Å². The zero-order valence-corrected chi connectivity index (χ0v) is 13.5. The molecule has 0 radical (unpaired) electrons. The van der Waals surface area contributed by atoms with Crippen molar-refractivity contribution in [3.05, 3.63) is 23.7 Å². The van der Waals surface area contributed by atoms with Crippen LogP contribution in [0.1, 0.15) is 42.3 Å². The fourth-order valence-electron chi connectivity index (χ4n) is 3.76. The van der Waals surface area contributed by atoms with Crippen molar-refractivity contribution in [2.24, 2.45) is 5.41 Å². The highest BCUT2D eigenvalue weighted by molar-refractivity contribution is 5.95. The molecule has 0 spiro atoms. The molecule has 2 atom stereocenters. The lowest BCUT2D eigenvalue weighted by atomic mass is 9.73. The van der Waals surface area contributed by atoms with E-state index < -0.39 is 0 Å². The molecule has 2 saturated heterocycles. The van der Waals surface area contributed by atoms with E-state index in [2.05, 4.69) is 0 Å². The summed E-state index contributed by atoms with van der Waals surface area (Å²) >= 11 is 0. The SMILES string of the molecule is CCOC[C@@]12CCCO[C@H]1CCN(C(=O)c1ccoc1C)C2. The monoisotopic (exact) mass is 307 g/mol. The molecule has 0 N–H and O–H groups in total. The van der Waals surface area contributed by atoms with Crippen LogP contribution in [0.25, 0.3) is 0 Å². The summed E-state index contributed by atoms with van der Waals surface area (Å²) in [5.41, 5.74) is 0.613. The van der Waals surface area contributed by atoms with Gasteiger partial charge in [0.25, 0.3) is 5.91 Å². The van der Waals surface area contributed by atoms with Crippen LogP contribution in [-0.2, 0) is 9.47 Å². The second kappa shape index (κ2) is 6.42. The third kappa shape index (κ3) is 2.79. The van der Waals surface area contributed by atoms with Crippen LogP contribution in [0.15, 0.2) is 16.7 Å². The molecule has 5 nitrogen and oxygen atoms in total. The number of likely N-dealkylation sites (tertiary alicyclic amines) is 1. The van der Waals surface area contributed by atoms with Gasteiger partial charge in [-0.2, -0.15) is 0 Å². The predicted octanol–water partition coefficient (Wildman–Crippen LogP) is 2.64. The summed E-state index contributed by atoms with van der Waals surface area (Å²) < 4.78 is 17.0. The van der Waals surface area contributed by atoms with E-state index in [1.165, 1.54) is 0 Å². The summed E-state index contributed by atoms with van der Waals surface area (Å²) in [5.74, 6) is 0.747. The number of piperidine rings is 1. The normalized spacial score (nSPS) is 28.5. The van der Waals surface area contributed by atoms with Gasteiger partial charge in [-0.05, 0) is 39.2 Å². The van der Waals surface area contributed by atoms with E-state index in [1.54, 1.807) is 12.3 Å². The second-order valence-electron chi connectivity index (χ2n) is 6.37. The molecule has 2 aliphatic rings. The summed E-state index contributed by atoms with van der Waals surface area (Å²) in [6, 6.07) is 1.76. The molecule has 0 saturated carbocycles. The molecule has 0 unspecified atom stereocenters. The summed E-state index contributed by atoms with van der Waals surface area (Å²) in [7, 11) is 0. The first-order valence-electron chi connectivity index (χ1n) is 8.19. The number of fused-ring (bicyclic) bond motifs is 1. The molecule has 22 heavy (non-hydrogen) atoms. The van der Waals surface area contributed by atoms with Crippen LogP contribution in [0, 0.1) is 12.3 Å². The molecule has 1 aromatic heterocycles. The van der Waals surface area contributed by atoms with Gasteiger partial charge in [0.15, 0.2) is 0 Å². The average Bonchev–Trinajstić information content (AvgIpc) is 2.97. The van der Waals surface area contributed by atoms with Crippen LogP contribution >= 0.6 is 0 Å². The minimum atomic E-state index is -0.0557. The molecule has 5 heteroatoms. The van der Waals surface area contributed by atoms with Crippen molar-refractivity contribution in [2.45, 2.75) is 39.2 Å². The average molecular weight is 307 g/mol. The van der Waals surface area contributed by atoms with Gasteiger partial charge in [-0.25, -0.2) is 0 Å². The number of carbonyl (C=O) groups excluding carboxylic acids is 1. The molecule has 122 valence electrons. The van der Waals surface area contributed by atoms with Gasteiger partial charge < -0.3 is 18.8 Å². The van der Waals surface area contributed by atoms with Gasteiger partial charge in [-0.15, -0.1) is 0 Å². The maximum Gasteiger partial charge on any atom is 0.257 e. The maximum absolute atomic E-state index is 12.8. The van der Waals surface area contributed by atoms with Crippen LogP contribution < -0.4 is 0 Å². The molecule has 2 fully saturated rings. The largest absolute Gasteiger partial charge is 0.469 e. The highest BCUT2D eigenvalue weighted by Gasteiger charge is 2.47. The number of nitrogens with zero attached hydrogens (tertiary/aromatic N) is 1. The Labute approximate surface area is 131 Å². The third-order valence-electron chi connectivity index (χ3n) is 4.96. The van der Waals surface area contributed by atoms with Crippen molar-refractivity contribution in [1.29, 1.82) is 0 Å². The van der Waals surface area contributed by atoms with Crippen LogP contribution in [0.3, 0.4) is 0 Å². The quantitative estimate of drug-likeness (QED) is 0.858. The number of ether oxygens (including phenoxy) is 2. The van der Waals surface area contributed by atoms with E-state index in [9.17, 15) is 4.79 Å². The fourth-order valence-corrected chi connectivity index (χ4v) is 3.76. The molecule has 0 bridgehead atoms. The maximum atomic E-state index is 12.8. The molecule has 3 heterocycles. The van der Waals surface area contributed by atoms with E-state index in [0.717, 1.165) is 32.4 Å². The van der Waals surface area contributed by atoms with Crippen molar-refractivity contribution in [1.82, 2.24) is 4.90 Å². The van der Waals surface area contributed by atoms with Crippen molar-refractivity contribution in [2.75, 3.05) is 32.9 Å². The highest BCUT2D eigenvalue weighted by atomic mass is 16.5. The number of hydrogen-bond acceptors (Lipinski definition) is 4. The molecular formula is C17H25NO4. The number of rotatable bonds is 4. The number of hydrogen-bond donors (Lipinski definition) is 0. The Kier molecular flexibility index (Phi) is 4.54. The molecule has 0 aliphatic carbocycles.